The highest BCUT2D eigenvalue weighted by molar-refractivity contribution is 14.1. The van der Waals surface area contributed by atoms with Crippen LogP contribution >= 0.6 is 22.6 Å². The Labute approximate surface area is 73.5 Å². The number of aryl methyl sites for hydroxylation is 1. The van der Waals surface area contributed by atoms with Crippen LogP contribution in [0.2, 0.25) is 0 Å². The Morgan fingerprint density at radius 1 is 1.70 bits per heavy atom. The van der Waals surface area contributed by atoms with Gasteiger partial charge in [0.2, 0.25) is 0 Å². The van der Waals surface area contributed by atoms with E-state index in [0.717, 1.165) is 11.4 Å². The Balaban J connectivity index is 3.03. The number of aliphatic imine (C=N–C) groups is 1. The predicted octanol–water partition coefficient (Wildman–Crippen LogP) is 2.48. The van der Waals surface area contributed by atoms with Crippen molar-refractivity contribution in [2.24, 2.45) is 4.99 Å². The Kier molecular flexibility index (Phi) is 2.80. The molecule has 0 bridgehead atoms. The molecule has 0 amide bonds. The number of rotatable bonds is 1. The van der Waals surface area contributed by atoms with E-state index in [0.29, 0.717) is 0 Å². The average molecular weight is 246 g/mol. The summed E-state index contributed by atoms with van der Waals surface area (Å²) < 4.78 is 1.72. The lowest BCUT2D eigenvalue weighted by Gasteiger charge is -1.93. The van der Waals surface area contributed by atoms with Gasteiger partial charge in [0, 0.05) is 6.20 Å². The first-order valence-electron chi connectivity index (χ1n) is 2.89. The zero-order valence-corrected chi connectivity index (χ0v) is 7.74. The van der Waals surface area contributed by atoms with Crippen LogP contribution in [0.15, 0.2) is 23.3 Å². The topological polar surface area (TPSA) is 25.2 Å². The molecule has 0 saturated heterocycles. The third-order valence-corrected chi connectivity index (χ3v) is 1.43. The van der Waals surface area contributed by atoms with Gasteiger partial charge in [-0.1, -0.05) is 6.07 Å². The second kappa shape index (κ2) is 3.65. The van der Waals surface area contributed by atoms with Gasteiger partial charge in [-0.05, 0) is 41.1 Å². The fourth-order valence-electron chi connectivity index (χ4n) is 0.659. The molecule has 0 aromatic carbocycles. The highest BCUT2D eigenvalue weighted by Crippen LogP contribution is 2.12. The molecular formula is C7H7IN2. The SMILES string of the molecule is Cc1cccnc1N=CI. The molecule has 1 rings (SSSR count). The van der Waals surface area contributed by atoms with Gasteiger partial charge < -0.3 is 0 Å². The van der Waals surface area contributed by atoms with Gasteiger partial charge >= 0.3 is 0 Å². The predicted molar refractivity (Wildman–Crippen MR) is 51.1 cm³/mol. The quantitative estimate of drug-likeness (QED) is 0.552. The van der Waals surface area contributed by atoms with Crippen molar-refractivity contribution < 1.29 is 0 Å². The zero-order valence-electron chi connectivity index (χ0n) is 5.58. The fraction of sp³-hybridized carbons (Fsp3) is 0.143. The second-order valence-electron chi connectivity index (χ2n) is 1.87. The van der Waals surface area contributed by atoms with Gasteiger partial charge in [-0.25, -0.2) is 9.98 Å². The highest BCUT2D eigenvalue weighted by atomic mass is 127. The number of hydrogen-bond acceptors (Lipinski definition) is 2. The highest BCUT2D eigenvalue weighted by Gasteiger charge is 1.91. The van der Waals surface area contributed by atoms with Gasteiger partial charge in [-0.15, -0.1) is 0 Å². The van der Waals surface area contributed by atoms with Gasteiger partial charge in [-0.3, -0.25) is 0 Å². The largest absolute Gasteiger partial charge is 0.237 e. The molecule has 0 radical (unpaired) electrons. The summed E-state index contributed by atoms with van der Waals surface area (Å²) in [5.41, 5.74) is 1.11. The molecule has 0 N–H and O–H groups in total. The minimum Gasteiger partial charge on any atom is -0.237 e. The van der Waals surface area contributed by atoms with Crippen LogP contribution < -0.4 is 0 Å². The van der Waals surface area contributed by atoms with E-state index in [1.807, 2.05) is 19.1 Å². The first kappa shape index (κ1) is 7.65. The molecular weight excluding hydrogens is 239 g/mol. The van der Waals surface area contributed by atoms with Crippen molar-refractivity contribution in [2.45, 2.75) is 6.92 Å². The van der Waals surface area contributed by atoms with E-state index >= 15 is 0 Å². The molecule has 0 saturated carbocycles. The molecule has 1 aromatic heterocycles. The summed E-state index contributed by atoms with van der Waals surface area (Å²) in [4.78, 5) is 8.12. The minimum absolute atomic E-state index is 0.803. The molecule has 0 aliphatic heterocycles. The molecule has 1 aromatic rings. The average Bonchev–Trinajstić information content (AvgIpc) is 1.94. The van der Waals surface area contributed by atoms with E-state index in [4.69, 9.17) is 0 Å². The summed E-state index contributed by atoms with van der Waals surface area (Å²) in [7, 11) is 0. The fourth-order valence-corrected chi connectivity index (χ4v) is 0.923. The molecule has 0 aliphatic carbocycles. The van der Waals surface area contributed by atoms with Gasteiger partial charge in [0.1, 0.15) is 0 Å². The molecule has 2 nitrogen and oxygen atoms in total. The van der Waals surface area contributed by atoms with Crippen LogP contribution in [0, 0.1) is 6.92 Å². The summed E-state index contributed by atoms with van der Waals surface area (Å²) in [6, 6.07) is 3.90. The third-order valence-electron chi connectivity index (χ3n) is 1.15. The Hall–Kier alpha value is -0.450. The normalized spacial score (nSPS) is 10.6. The third kappa shape index (κ3) is 1.76. The van der Waals surface area contributed by atoms with E-state index in [2.05, 4.69) is 32.6 Å². The van der Waals surface area contributed by atoms with Gasteiger partial charge in [0.15, 0.2) is 5.82 Å². The molecule has 1 heterocycles. The molecule has 0 atom stereocenters. The summed E-state index contributed by atoms with van der Waals surface area (Å²) >= 11 is 2.08. The van der Waals surface area contributed by atoms with Crippen LogP contribution in [0.25, 0.3) is 0 Å². The standard InChI is InChI=1S/C7H7IN2/c1-6-3-2-4-9-7(6)10-5-8/h2-5H,1H3. The summed E-state index contributed by atoms with van der Waals surface area (Å²) in [6.45, 7) is 1.99. The molecule has 0 unspecified atom stereocenters. The summed E-state index contributed by atoms with van der Waals surface area (Å²) in [6.07, 6.45) is 1.74. The van der Waals surface area contributed by atoms with Crippen LogP contribution in [0.5, 0.6) is 0 Å². The summed E-state index contributed by atoms with van der Waals surface area (Å²) in [5, 5.41) is 0. The summed E-state index contributed by atoms with van der Waals surface area (Å²) in [5.74, 6) is 0.803. The van der Waals surface area contributed by atoms with Crippen LogP contribution in [0.3, 0.4) is 0 Å². The molecule has 0 aliphatic rings. The lowest BCUT2D eigenvalue weighted by atomic mass is 10.3. The van der Waals surface area contributed by atoms with Gasteiger partial charge in [0.05, 0.1) is 4.22 Å². The smallest absolute Gasteiger partial charge is 0.155 e. The number of hydrogen-bond donors (Lipinski definition) is 0. The molecule has 0 spiro atoms. The minimum atomic E-state index is 0.803. The van der Waals surface area contributed by atoms with Gasteiger partial charge in [0.25, 0.3) is 0 Å². The van der Waals surface area contributed by atoms with E-state index in [9.17, 15) is 0 Å². The molecule has 0 fully saturated rings. The number of halogens is 1. The number of nitrogens with zero attached hydrogens (tertiary/aromatic N) is 2. The van der Waals surface area contributed by atoms with Gasteiger partial charge in [-0.2, -0.15) is 0 Å². The lowest BCUT2D eigenvalue weighted by molar-refractivity contribution is 1.23. The van der Waals surface area contributed by atoms with Crippen molar-refractivity contribution in [1.29, 1.82) is 0 Å². The Morgan fingerprint density at radius 2 is 2.50 bits per heavy atom. The van der Waals surface area contributed by atoms with Crippen LogP contribution in [-0.4, -0.2) is 9.21 Å². The Bertz CT molecular complexity index is 245. The van der Waals surface area contributed by atoms with E-state index in [1.54, 1.807) is 10.4 Å². The first-order chi connectivity index (χ1) is 4.84. The maximum absolute atomic E-state index is 4.07. The Morgan fingerprint density at radius 3 is 3.10 bits per heavy atom. The maximum atomic E-state index is 4.07. The monoisotopic (exact) mass is 246 g/mol. The van der Waals surface area contributed by atoms with Crippen molar-refractivity contribution in [3.05, 3.63) is 23.9 Å². The number of pyridine rings is 1. The van der Waals surface area contributed by atoms with Crippen molar-refractivity contribution in [2.75, 3.05) is 0 Å². The lowest BCUT2D eigenvalue weighted by Crippen LogP contribution is -1.76. The molecule has 52 valence electrons. The molecule has 10 heavy (non-hydrogen) atoms. The van der Waals surface area contributed by atoms with E-state index < -0.39 is 0 Å². The van der Waals surface area contributed by atoms with E-state index in [-0.39, 0.29) is 0 Å². The van der Waals surface area contributed by atoms with Crippen molar-refractivity contribution in [1.82, 2.24) is 4.98 Å². The zero-order chi connectivity index (χ0) is 7.40. The van der Waals surface area contributed by atoms with Crippen LogP contribution in [-0.2, 0) is 0 Å². The maximum Gasteiger partial charge on any atom is 0.155 e. The van der Waals surface area contributed by atoms with Crippen LogP contribution in [0.4, 0.5) is 5.82 Å². The van der Waals surface area contributed by atoms with E-state index in [1.165, 1.54) is 0 Å². The molecule has 3 heteroatoms. The second-order valence-corrected chi connectivity index (χ2v) is 2.43. The van der Waals surface area contributed by atoms with Crippen molar-refractivity contribution in [3.8, 4) is 0 Å². The van der Waals surface area contributed by atoms with Crippen molar-refractivity contribution in [3.63, 3.8) is 0 Å². The first-order valence-corrected chi connectivity index (χ1v) is 4.13. The number of aromatic nitrogens is 1. The van der Waals surface area contributed by atoms with Crippen LogP contribution in [0.1, 0.15) is 5.56 Å². The van der Waals surface area contributed by atoms with Crippen molar-refractivity contribution >= 4 is 32.6 Å².